The van der Waals surface area contributed by atoms with E-state index in [2.05, 4.69) is 34.3 Å². The van der Waals surface area contributed by atoms with Crippen molar-refractivity contribution in [1.29, 1.82) is 0 Å². The van der Waals surface area contributed by atoms with Crippen molar-refractivity contribution in [3.05, 3.63) is 93.9 Å². The molecule has 0 amide bonds. The molecule has 0 spiro atoms. The van der Waals surface area contributed by atoms with Crippen LogP contribution in [0.1, 0.15) is 29.5 Å². The molecule has 1 aromatic heterocycles. The summed E-state index contributed by atoms with van der Waals surface area (Å²) in [5.74, 6) is 0.501. The van der Waals surface area contributed by atoms with E-state index in [4.69, 9.17) is 4.74 Å². The fourth-order valence-electron chi connectivity index (χ4n) is 3.65. The molecule has 2 heterocycles. The molecule has 0 atom stereocenters. The Balaban J connectivity index is 1.29. The molecule has 0 N–H and O–H groups in total. The molecular formula is C24H27N3O2. The first-order valence-corrected chi connectivity index (χ1v) is 10.3. The predicted octanol–water partition coefficient (Wildman–Crippen LogP) is 3.66. The van der Waals surface area contributed by atoms with Gasteiger partial charge < -0.3 is 4.74 Å². The Bertz CT molecular complexity index is 961. The van der Waals surface area contributed by atoms with Crippen LogP contribution in [-0.2, 0) is 26.1 Å². The van der Waals surface area contributed by atoms with Gasteiger partial charge in [-0.1, -0.05) is 54.6 Å². The predicted molar refractivity (Wildman–Crippen MR) is 114 cm³/mol. The standard InChI is InChI=1S/C24H27N3O2/c28-24-16-23(29-19-22-6-2-1-3-7-22)17-25-27(24)15-12-20-8-10-21(11-9-20)18-26-13-4-5-14-26/h1-3,6-11,16-17H,4-5,12-15,18-19H2. The lowest BCUT2D eigenvalue weighted by atomic mass is 10.1. The van der Waals surface area contributed by atoms with Crippen molar-refractivity contribution in [2.75, 3.05) is 13.1 Å². The minimum absolute atomic E-state index is 0.138. The molecule has 0 radical (unpaired) electrons. The van der Waals surface area contributed by atoms with Gasteiger partial charge in [0.05, 0.1) is 6.20 Å². The van der Waals surface area contributed by atoms with Crippen LogP contribution >= 0.6 is 0 Å². The SMILES string of the molecule is O=c1cc(OCc2ccccc2)cnn1CCc1ccc(CN2CCCC2)cc1. The van der Waals surface area contributed by atoms with Gasteiger partial charge in [-0.3, -0.25) is 9.69 Å². The van der Waals surface area contributed by atoms with Crippen LogP contribution in [0.5, 0.6) is 5.75 Å². The highest BCUT2D eigenvalue weighted by atomic mass is 16.5. The average molecular weight is 389 g/mol. The zero-order valence-corrected chi connectivity index (χ0v) is 16.7. The van der Waals surface area contributed by atoms with Crippen molar-refractivity contribution in [3.8, 4) is 5.75 Å². The molecule has 1 saturated heterocycles. The van der Waals surface area contributed by atoms with E-state index in [1.165, 1.54) is 47.8 Å². The molecule has 0 unspecified atom stereocenters. The van der Waals surface area contributed by atoms with Gasteiger partial charge in [0.15, 0.2) is 0 Å². The summed E-state index contributed by atoms with van der Waals surface area (Å²) in [6, 6.07) is 20.1. The summed E-state index contributed by atoms with van der Waals surface area (Å²) >= 11 is 0. The van der Waals surface area contributed by atoms with Crippen molar-refractivity contribution in [2.24, 2.45) is 0 Å². The van der Waals surface area contributed by atoms with Gasteiger partial charge in [0, 0.05) is 19.2 Å². The van der Waals surface area contributed by atoms with Crippen LogP contribution in [0.2, 0.25) is 0 Å². The minimum atomic E-state index is -0.138. The second kappa shape index (κ2) is 9.52. The molecule has 1 aliphatic heterocycles. The maximum atomic E-state index is 12.3. The first-order valence-electron chi connectivity index (χ1n) is 10.3. The zero-order chi connectivity index (χ0) is 19.9. The van der Waals surface area contributed by atoms with Crippen molar-refractivity contribution < 1.29 is 4.74 Å². The monoisotopic (exact) mass is 389 g/mol. The van der Waals surface area contributed by atoms with Gasteiger partial charge in [-0.15, -0.1) is 0 Å². The molecule has 29 heavy (non-hydrogen) atoms. The van der Waals surface area contributed by atoms with E-state index in [0.29, 0.717) is 18.9 Å². The summed E-state index contributed by atoms with van der Waals surface area (Å²) in [6.07, 6.45) is 5.02. The van der Waals surface area contributed by atoms with Gasteiger partial charge >= 0.3 is 0 Å². The Hall–Kier alpha value is -2.92. The molecule has 0 aliphatic carbocycles. The molecular weight excluding hydrogens is 362 g/mol. The molecule has 1 fully saturated rings. The van der Waals surface area contributed by atoms with Crippen molar-refractivity contribution in [1.82, 2.24) is 14.7 Å². The Morgan fingerprint density at radius 3 is 2.34 bits per heavy atom. The molecule has 150 valence electrons. The first kappa shape index (κ1) is 19.4. The molecule has 0 bridgehead atoms. The number of likely N-dealkylation sites (tertiary alicyclic amines) is 1. The fourth-order valence-corrected chi connectivity index (χ4v) is 3.65. The maximum Gasteiger partial charge on any atom is 0.270 e. The van der Waals surface area contributed by atoms with E-state index < -0.39 is 0 Å². The number of benzene rings is 2. The third-order valence-corrected chi connectivity index (χ3v) is 5.33. The average Bonchev–Trinajstić information content (AvgIpc) is 3.26. The second-order valence-corrected chi connectivity index (χ2v) is 7.58. The zero-order valence-electron chi connectivity index (χ0n) is 16.7. The number of hydrogen-bond acceptors (Lipinski definition) is 4. The second-order valence-electron chi connectivity index (χ2n) is 7.58. The molecule has 2 aromatic carbocycles. The number of ether oxygens (including phenoxy) is 1. The van der Waals surface area contributed by atoms with Crippen LogP contribution in [0.3, 0.4) is 0 Å². The smallest absolute Gasteiger partial charge is 0.270 e. The number of aryl methyl sites for hydroxylation is 2. The summed E-state index contributed by atoms with van der Waals surface area (Å²) in [5.41, 5.74) is 3.49. The molecule has 0 saturated carbocycles. The van der Waals surface area contributed by atoms with Crippen LogP contribution in [0.25, 0.3) is 0 Å². The van der Waals surface area contributed by atoms with E-state index in [-0.39, 0.29) is 5.56 Å². The van der Waals surface area contributed by atoms with E-state index in [0.717, 1.165) is 18.5 Å². The van der Waals surface area contributed by atoms with Crippen LogP contribution in [0.15, 0.2) is 71.7 Å². The van der Waals surface area contributed by atoms with Crippen molar-refractivity contribution >= 4 is 0 Å². The first-order chi connectivity index (χ1) is 14.3. The van der Waals surface area contributed by atoms with E-state index in [9.17, 15) is 4.79 Å². The Kier molecular flexibility index (Phi) is 6.37. The summed E-state index contributed by atoms with van der Waals surface area (Å²) in [5, 5.41) is 4.26. The Morgan fingerprint density at radius 2 is 1.62 bits per heavy atom. The van der Waals surface area contributed by atoms with Crippen molar-refractivity contribution in [3.63, 3.8) is 0 Å². The lowest BCUT2D eigenvalue weighted by Crippen LogP contribution is -2.23. The number of hydrogen-bond donors (Lipinski definition) is 0. The number of rotatable bonds is 8. The number of nitrogens with zero attached hydrogens (tertiary/aromatic N) is 3. The van der Waals surface area contributed by atoms with Crippen LogP contribution < -0.4 is 10.3 Å². The fraction of sp³-hybridized carbons (Fsp3) is 0.333. The highest BCUT2D eigenvalue weighted by Gasteiger charge is 2.11. The lowest BCUT2D eigenvalue weighted by molar-refractivity contribution is 0.302. The Morgan fingerprint density at radius 1 is 0.897 bits per heavy atom. The molecule has 5 heteroatoms. The summed E-state index contributed by atoms with van der Waals surface area (Å²) in [4.78, 5) is 14.8. The molecule has 1 aliphatic rings. The van der Waals surface area contributed by atoms with E-state index >= 15 is 0 Å². The maximum absolute atomic E-state index is 12.3. The van der Waals surface area contributed by atoms with E-state index in [1.54, 1.807) is 6.20 Å². The van der Waals surface area contributed by atoms with Gasteiger partial charge in [-0.25, -0.2) is 4.68 Å². The van der Waals surface area contributed by atoms with Crippen LogP contribution in [0.4, 0.5) is 0 Å². The third kappa shape index (κ3) is 5.55. The topological polar surface area (TPSA) is 47.4 Å². The van der Waals surface area contributed by atoms with Crippen LogP contribution in [0, 0.1) is 0 Å². The van der Waals surface area contributed by atoms with Crippen molar-refractivity contribution in [2.45, 2.75) is 39.0 Å². The highest BCUT2D eigenvalue weighted by Crippen LogP contribution is 2.14. The van der Waals surface area contributed by atoms with Gasteiger partial charge in [0.25, 0.3) is 5.56 Å². The molecule has 3 aromatic rings. The third-order valence-electron chi connectivity index (χ3n) is 5.33. The molecule has 4 rings (SSSR count). The largest absolute Gasteiger partial charge is 0.487 e. The number of aromatic nitrogens is 2. The van der Waals surface area contributed by atoms with Gasteiger partial charge in [0.2, 0.25) is 0 Å². The van der Waals surface area contributed by atoms with Gasteiger partial charge in [-0.05, 0) is 49.0 Å². The summed E-state index contributed by atoms with van der Waals surface area (Å²) < 4.78 is 7.17. The highest BCUT2D eigenvalue weighted by molar-refractivity contribution is 5.23. The van der Waals surface area contributed by atoms with Crippen LogP contribution in [-0.4, -0.2) is 27.8 Å². The minimum Gasteiger partial charge on any atom is -0.487 e. The Labute approximate surface area is 171 Å². The quantitative estimate of drug-likeness (QED) is 0.590. The van der Waals surface area contributed by atoms with Gasteiger partial charge in [-0.2, -0.15) is 5.10 Å². The van der Waals surface area contributed by atoms with Gasteiger partial charge in [0.1, 0.15) is 12.4 Å². The van der Waals surface area contributed by atoms with E-state index in [1.807, 2.05) is 30.3 Å². The molecule has 5 nitrogen and oxygen atoms in total. The lowest BCUT2D eigenvalue weighted by Gasteiger charge is -2.14. The summed E-state index contributed by atoms with van der Waals surface area (Å²) in [6.45, 7) is 4.44. The summed E-state index contributed by atoms with van der Waals surface area (Å²) in [7, 11) is 0. The normalized spacial score (nSPS) is 14.2.